The number of hydrogen-bond donors (Lipinski definition) is 2. The fourth-order valence-electron chi connectivity index (χ4n) is 1.73. The summed E-state index contributed by atoms with van der Waals surface area (Å²) in [5.41, 5.74) is 4.08. The Morgan fingerprint density at radius 2 is 2.00 bits per heavy atom. The number of nitrogens with one attached hydrogen (secondary N) is 1. The minimum absolute atomic E-state index is 0.120. The number of aromatic hydroxyl groups is 1. The number of carbonyl (C=O) groups excluding carboxylic acids is 1. The summed E-state index contributed by atoms with van der Waals surface area (Å²) < 4.78 is 0. The predicted molar refractivity (Wildman–Crippen MR) is 84.4 cm³/mol. The molecule has 6 heteroatoms. The summed E-state index contributed by atoms with van der Waals surface area (Å²) in [6.07, 6.45) is 1.28. The lowest BCUT2D eigenvalue weighted by atomic mass is 10.1. The molecule has 0 bridgehead atoms. The summed E-state index contributed by atoms with van der Waals surface area (Å²) in [5.74, 6) is -0.480. The van der Waals surface area contributed by atoms with Gasteiger partial charge in [0.2, 0.25) is 0 Å². The van der Waals surface area contributed by atoms with Crippen molar-refractivity contribution in [1.82, 2.24) is 5.43 Å². The van der Waals surface area contributed by atoms with E-state index in [1.807, 2.05) is 19.1 Å². The van der Waals surface area contributed by atoms with Gasteiger partial charge in [0.1, 0.15) is 5.75 Å². The van der Waals surface area contributed by atoms with Crippen molar-refractivity contribution in [2.45, 2.75) is 6.92 Å². The van der Waals surface area contributed by atoms with Gasteiger partial charge in [-0.05, 0) is 30.7 Å². The Morgan fingerprint density at radius 1 is 1.29 bits per heavy atom. The Hall–Kier alpha value is -2.04. The molecule has 0 spiro atoms. The van der Waals surface area contributed by atoms with Crippen LogP contribution in [-0.4, -0.2) is 17.2 Å². The zero-order chi connectivity index (χ0) is 15.4. The third-order valence-electron chi connectivity index (χ3n) is 2.82. The molecule has 0 atom stereocenters. The SMILES string of the molecule is Cc1ccccc1C(=O)NN=Cc1cc(Cl)cc(Cl)c1O. The van der Waals surface area contributed by atoms with E-state index in [0.717, 1.165) is 5.56 Å². The molecule has 0 radical (unpaired) electrons. The molecule has 1 amide bonds. The van der Waals surface area contributed by atoms with Crippen LogP contribution in [0.1, 0.15) is 21.5 Å². The zero-order valence-electron chi connectivity index (χ0n) is 11.1. The number of hydrogen-bond acceptors (Lipinski definition) is 3. The molecule has 21 heavy (non-hydrogen) atoms. The minimum atomic E-state index is -0.336. The van der Waals surface area contributed by atoms with E-state index in [2.05, 4.69) is 10.5 Å². The molecule has 2 N–H and O–H groups in total. The fraction of sp³-hybridized carbons (Fsp3) is 0.0667. The standard InChI is InChI=1S/C15H12Cl2N2O2/c1-9-4-2-3-5-12(9)15(21)19-18-8-10-6-11(16)7-13(17)14(10)20/h2-8,20H,1H3,(H,19,21). The largest absolute Gasteiger partial charge is 0.506 e. The van der Waals surface area contributed by atoms with E-state index < -0.39 is 0 Å². The summed E-state index contributed by atoms with van der Waals surface area (Å²) in [6, 6.07) is 10.1. The van der Waals surface area contributed by atoms with Crippen molar-refractivity contribution < 1.29 is 9.90 Å². The fourth-order valence-corrected chi connectivity index (χ4v) is 2.24. The average Bonchev–Trinajstić information content (AvgIpc) is 2.44. The molecule has 0 saturated heterocycles. The van der Waals surface area contributed by atoms with Crippen molar-refractivity contribution in [3.05, 3.63) is 63.1 Å². The van der Waals surface area contributed by atoms with Gasteiger partial charge in [-0.3, -0.25) is 4.79 Å². The highest BCUT2D eigenvalue weighted by Crippen LogP contribution is 2.29. The Morgan fingerprint density at radius 3 is 2.71 bits per heavy atom. The Balaban J connectivity index is 2.13. The van der Waals surface area contributed by atoms with Crippen LogP contribution in [0.3, 0.4) is 0 Å². The van der Waals surface area contributed by atoms with Crippen LogP contribution in [0.4, 0.5) is 0 Å². The zero-order valence-corrected chi connectivity index (χ0v) is 12.6. The maximum atomic E-state index is 11.9. The van der Waals surface area contributed by atoms with Crippen molar-refractivity contribution in [1.29, 1.82) is 0 Å². The third-order valence-corrected chi connectivity index (χ3v) is 3.32. The molecule has 2 aromatic rings. The van der Waals surface area contributed by atoms with Crippen LogP contribution in [0.25, 0.3) is 0 Å². The highest BCUT2D eigenvalue weighted by molar-refractivity contribution is 6.36. The van der Waals surface area contributed by atoms with Crippen LogP contribution in [0, 0.1) is 6.92 Å². The molecule has 0 heterocycles. The van der Waals surface area contributed by atoms with E-state index in [4.69, 9.17) is 23.2 Å². The summed E-state index contributed by atoms with van der Waals surface area (Å²) >= 11 is 11.6. The first kappa shape index (κ1) is 15.4. The summed E-state index contributed by atoms with van der Waals surface area (Å²) in [7, 11) is 0. The predicted octanol–water partition coefficient (Wildman–Crippen LogP) is 3.77. The normalized spacial score (nSPS) is 10.8. The van der Waals surface area contributed by atoms with Gasteiger partial charge in [0.15, 0.2) is 0 Å². The molecule has 0 aliphatic carbocycles. The highest BCUT2D eigenvalue weighted by atomic mass is 35.5. The van der Waals surface area contributed by atoms with Gasteiger partial charge >= 0.3 is 0 Å². The van der Waals surface area contributed by atoms with Gasteiger partial charge in [-0.25, -0.2) is 5.43 Å². The first-order valence-corrected chi connectivity index (χ1v) is 6.81. The molecule has 108 valence electrons. The molecule has 0 saturated carbocycles. The van der Waals surface area contributed by atoms with Crippen molar-refractivity contribution in [3.8, 4) is 5.75 Å². The van der Waals surface area contributed by atoms with Crippen LogP contribution >= 0.6 is 23.2 Å². The second-order valence-electron chi connectivity index (χ2n) is 4.34. The van der Waals surface area contributed by atoms with Crippen molar-refractivity contribution in [2.24, 2.45) is 5.10 Å². The van der Waals surface area contributed by atoms with Crippen molar-refractivity contribution >= 4 is 35.3 Å². The monoisotopic (exact) mass is 322 g/mol. The molecule has 0 fully saturated rings. The number of carbonyl (C=O) groups is 1. The van der Waals surface area contributed by atoms with E-state index in [0.29, 0.717) is 16.1 Å². The number of phenolic OH excluding ortho intramolecular Hbond substituents is 1. The van der Waals surface area contributed by atoms with E-state index >= 15 is 0 Å². The van der Waals surface area contributed by atoms with Gasteiger partial charge < -0.3 is 5.11 Å². The van der Waals surface area contributed by atoms with Crippen molar-refractivity contribution in [3.63, 3.8) is 0 Å². The van der Waals surface area contributed by atoms with Gasteiger partial charge in [0, 0.05) is 16.1 Å². The molecule has 0 unspecified atom stereocenters. The average molecular weight is 323 g/mol. The smallest absolute Gasteiger partial charge is 0.271 e. The Bertz CT molecular complexity index is 715. The number of hydrazone groups is 1. The van der Waals surface area contributed by atoms with Crippen LogP contribution in [-0.2, 0) is 0 Å². The van der Waals surface area contributed by atoms with E-state index in [9.17, 15) is 9.90 Å². The topological polar surface area (TPSA) is 61.7 Å². The van der Waals surface area contributed by atoms with E-state index in [-0.39, 0.29) is 16.7 Å². The summed E-state index contributed by atoms with van der Waals surface area (Å²) in [6.45, 7) is 1.83. The highest BCUT2D eigenvalue weighted by Gasteiger charge is 2.08. The molecule has 4 nitrogen and oxygen atoms in total. The molecule has 0 aliphatic heterocycles. The summed E-state index contributed by atoms with van der Waals surface area (Å²) in [5, 5.41) is 14.0. The van der Waals surface area contributed by atoms with Gasteiger partial charge in [0.25, 0.3) is 5.91 Å². The molecule has 2 rings (SSSR count). The maximum absolute atomic E-state index is 11.9. The molecule has 0 aliphatic rings. The number of benzene rings is 2. The second-order valence-corrected chi connectivity index (χ2v) is 5.18. The van der Waals surface area contributed by atoms with Gasteiger partial charge in [-0.2, -0.15) is 5.10 Å². The first-order valence-electron chi connectivity index (χ1n) is 6.06. The van der Waals surface area contributed by atoms with E-state index in [1.54, 1.807) is 12.1 Å². The van der Waals surface area contributed by atoms with Gasteiger partial charge in [-0.15, -0.1) is 0 Å². The lowest BCUT2D eigenvalue weighted by Crippen LogP contribution is -2.18. The van der Waals surface area contributed by atoms with Gasteiger partial charge in [-0.1, -0.05) is 41.4 Å². The number of rotatable bonds is 3. The summed E-state index contributed by atoms with van der Waals surface area (Å²) in [4.78, 5) is 11.9. The Kier molecular flexibility index (Phi) is 4.83. The quantitative estimate of drug-likeness (QED) is 0.667. The molecular formula is C15H12Cl2N2O2. The van der Waals surface area contributed by atoms with Gasteiger partial charge in [0.05, 0.1) is 11.2 Å². The lowest BCUT2D eigenvalue weighted by molar-refractivity contribution is 0.0954. The second kappa shape index (κ2) is 6.61. The van der Waals surface area contributed by atoms with Crippen LogP contribution < -0.4 is 5.43 Å². The molecule has 2 aromatic carbocycles. The number of amides is 1. The maximum Gasteiger partial charge on any atom is 0.271 e. The van der Waals surface area contributed by atoms with E-state index in [1.165, 1.54) is 18.3 Å². The third kappa shape index (κ3) is 3.74. The van der Waals surface area contributed by atoms with Crippen molar-refractivity contribution in [2.75, 3.05) is 0 Å². The first-order chi connectivity index (χ1) is 9.99. The number of halogens is 2. The van der Waals surface area contributed by atoms with Crippen LogP contribution in [0.15, 0.2) is 41.5 Å². The molecule has 0 aromatic heterocycles. The van der Waals surface area contributed by atoms with Crippen LogP contribution in [0.5, 0.6) is 5.75 Å². The number of nitrogens with zero attached hydrogens (tertiary/aromatic N) is 1. The molecular weight excluding hydrogens is 311 g/mol. The Labute approximate surface area is 132 Å². The lowest BCUT2D eigenvalue weighted by Gasteiger charge is -2.04. The van der Waals surface area contributed by atoms with Crippen LogP contribution in [0.2, 0.25) is 10.0 Å². The number of phenols is 1. The number of aryl methyl sites for hydroxylation is 1. The minimum Gasteiger partial charge on any atom is -0.506 e.